The third-order valence-corrected chi connectivity index (χ3v) is 5.98. The molecule has 0 radical (unpaired) electrons. The highest BCUT2D eigenvalue weighted by atomic mass is 32.2. The van der Waals surface area contributed by atoms with Gasteiger partial charge in [0, 0.05) is 11.1 Å². The number of methoxy groups -OCH3 is 1. The predicted octanol–water partition coefficient (Wildman–Crippen LogP) is 4.75. The van der Waals surface area contributed by atoms with Gasteiger partial charge in [0.15, 0.2) is 11.5 Å². The Morgan fingerprint density at radius 1 is 1.03 bits per heavy atom. The minimum absolute atomic E-state index is 0.00882. The first-order valence-electron chi connectivity index (χ1n) is 8.92. The first-order chi connectivity index (χ1) is 14.5. The molecule has 3 aromatic carbocycles. The molecule has 0 heterocycles. The van der Waals surface area contributed by atoms with Crippen LogP contribution in [0.3, 0.4) is 0 Å². The highest BCUT2D eigenvalue weighted by molar-refractivity contribution is 7.95. The molecule has 152 valence electrons. The first kappa shape index (κ1) is 21.1. The maximum absolute atomic E-state index is 13.9. The van der Waals surface area contributed by atoms with E-state index >= 15 is 0 Å². The number of ether oxygens (including phenoxy) is 2. The fourth-order valence-electron chi connectivity index (χ4n) is 2.76. The van der Waals surface area contributed by atoms with Crippen molar-refractivity contribution < 1.29 is 22.3 Å². The van der Waals surface area contributed by atoms with E-state index in [0.717, 1.165) is 0 Å². The molecule has 0 spiro atoms. The van der Waals surface area contributed by atoms with Gasteiger partial charge in [-0.3, -0.25) is 0 Å². The number of halogens is 1. The minimum Gasteiger partial charge on any atom is -0.493 e. The maximum atomic E-state index is 13.9. The Kier molecular flexibility index (Phi) is 6.50. The van der Waals surface area contributed by atoms with E-state index in [0.29, 0.717) is 16.9 Å². The van der Waals surface area contributed by atoms with Gasteiger partial charge in [-0.05, 0) is 30.3 Å². The van der Waals surface area contributed by atoms with Crippen molar-refractivity contribution in [3.63, 3.8) is 0 Å². The Hall–Kier alpha value is -3.63. The number of para-hydroxylation sites is 1. The van der Waals surface area contributed by atoms with Gasteiger partial charge in [0.25, 0.3) is 0 Å². The summed E-state index contributed by atoms with van der Waals surface area (Å²) in [6.07, 6.45) is 1.22. The molecule has 30 heavy (non-hydrogen) atoms. The van der Waals surface area contributed by atoms with E-state index in [2.05, 4.69) is 0 Å². The predicted molar refractivity (Wildman–Crippen MR) is 111 cm³/mol. The SMILES string of the molecule is COc1cccc(C=C(C#N)S(=O)(=O)c2ccccc2)c1OCc1ccccc1F. The summed E-state index contributed by atoms with van der Waals surface area (Å²) in [5.41, 5.74) is 0.650. The Bertz CT molecular complexity index is 1220. The van der Waals surface area contributed by atoms with Crippen LogP contribution < -0.4 is 9.47 Å². The quantitative estimate of drug-likeness (QED) is 0.513. The molecule has 7 heteroatoms. The van der Waals surface area contributed by atoms with Crippen molar-refractivity contribution in [3.05, 3.63) is 94.6 Å². The van der Waals surface area contributed by atoms with E-state index in [9.17, 15) is 18.1 Å². The monoisotopic (exact) mass is 423 g/mol. The molecule has 0 aliphatic heterocycles. The lowest BCUT2D eigenvalue weighted by Crippen LogP contribution is -2.04. The molecule has 0 unspecified atom stereocenters. The van der Waals surface area contributed by atoms with E-state index < -0.39 is 20.6 Å². The zero-order chi connectivity index (χ0) is 21.6. The van der Waals surface area contributed by atoms with Crippen LogP contribution in [0.25, 0.3) is 6.08 Å². The number of rotatable bonds is 7. The fraction of sp³-hybridized carbons (Fsp3) is 0.0870. The summed E-state index contributed by atoms with van der Waals surface area (Å²) >= 11 is 0. The summed E-state index contributed by atoms with van der Waals surface area (Å²) < 4.78 is 50.7. The van der Waals surface area contributed by atoms with Crippen LogP contribution in [0.15, 0.2) is 82.6 Å². The van der Waals surface area contributed by atoms with E-state index in [1.807, 2.05) is 0 Å². The molecule has 0 fully saturated rings. The molecular formula is C23H18FNO4S. The summed E-state index contributed by atoms with van der Waals surface area (Å²) in [4.78, 5) is -0.438. The van der Waals surface area contributed by atoms with Crippen LogP contribution in [0.1, 0.15) is 11.1 Å². The number of allylic oxidation sites excluding steroid dienone is 1. The lowest BCUT2D eigenvalue weighted by Gasteiger charge is -2.14. The van der Waals surface area contributed by atoms with Gasteiger partial charge in [0.1, 0.15) is 23.4 Å². The lowest BCUT2D eigenvalue weighted by atomic mass is 10.1. The van der Waals surface area contributed by atoms with Gasteiger partial charge in [0.05, 0.1) is 12.0 Å². The zero-order valence-corrected chi connectivity index (χ0v) is 16.9. The second kappa shape index (κ2) is 9.25. The molecule has 5 nitrogen and oxygen atoms in total. The minimum atomic E-state index is -4.02. The Morgan fingerprint density at radius 2 is 1.73 bits per heavy atom. The van der Waals surface area contributed by atoms with Gasteiger partial charge in [0.2, 0.25) is 9.84 Å². The Morgan fingerprint density at radius 3 is 2.40 bits per heavy atom. The smallest absolute Gasteiger partial charge is 0.216 e. The topological polar surface area (TPSA) is 76.4 Å². The molecule has 0 atom stereocenters. The maximum Gasteiger partial charge on any atom is 0.216 e. The molecule has 3 aromatic rings. The number of hydrogen-bond acceptors (Lipinski definition) is 5. The van der Waals surface area contributed by atoms with Crippen molar-refractivity contribution in [2.45, 2.75) is 11.5 Å². The zero-order valence-electron chi connectivity index (χ0n) is 16.1. The van der Waals surface area contributed by atoms with Crippen LogP contribution in [-0.2, 0) is 16.4 Å². The van der Waals surface area contributed by atoms with Gasteiger partial charge in [-0.25, -0.2) is 12.8 Å². The van der Waals surface area contributed by atoms with Gasteiger partial charge in [-0.15, -0.1) is 0 Å². The molecule has 0 aliphatic rings. The molecular weight excluding hydrogens is 405 g/mol. The third-order valence-electron chi connectivity index (χ3n) is 4.30. The second-order valence-electron chi connectivity index (χ2n) is 6.20. The summed E-state index contributed by atoms with van der Waals surface area (Å²) in [6, 6.07) is 20.5. The Labute approximate surface area is 174 Å². The third kappa shape index (κ3) is 4.50. The summed E-state index contributed by atoms with van der Waals surface area (Å²) in [6.45, 7) is -0.0960. The molecule has 0 aliphatic carbocycles. The van der Waals surface area contributed by atoms with Gasteiger partial charge in [-0.1, -0.05) is 48.5 Å². The second-order valence-corrected chi connectivity index (χ2v) is 8.11. The average Bonchev–Trinajstić information content (AvgIpc) is 2.77. The standard InChI is InChI=1S/C23H18FNO4S/c1-28-22-13-7-9-17(23(22)29-16-18-8-5-6-12-21(18)24)14-20(15-25)30(26,27)19-10-3-2-4-11-19/h2-14H,16H2,1H3. The summed E-state index contributed by atoms with van der Waals surface area (Å²) in [5.74, 6) is 0.114. The van der Waals surface area contributed by atoms with Crippen molar-refractivity contribution in [1.82, 2.24) is 0 Å². The van der Waals surface area contributed by atoms with Crippen LogP contribution in [0.4, 0.5) is 4.39 Å². The van der Waals surface area contributed by atoms with Crippen molar-refractivity contribution in [3.8, 4) is 17.6 Å². The Balaban J connectivity index is 2.03. The molecule has 0 bridgehead atoms. The normalized spacial score (nSPS) is 11.6. The van der Waals surface area contributed by atoms with Crippen LogP contribution >= 0.6 is 0 Å². The molecule has 0 N–H and O–H groups in total. The number of nitrogens with zero attached hydrogens (tertiary/aromatic N) is 1. The van der Waals surface area contributed by atoms with Crippen LogP contribution in [0.2, 0.25) is 0 Å². The van der Waals surface area contributed by atoms with Gasteiger partial charge < -0.3 is 9.47 Å². The average molecular weight is 423 g/mol. The molecule has 0 saturated heterocycles. The van der Waals surface area contributed by atoms with E-state index in [1.165, 1.54) is 31.4 Å². The summed E-state index contributed by atoms with van der Waals surface area (Å²) in [5, 5.41) is 9.53. The van der Waals surface area contributed by atoms with Crippen molar-refractivity contribution in [2.24, 2.45) is 0 Å². The molecule has 3 rings (SSSR count). The van der Waals surface area contributed by atoms with Crippen molar-refractivity contribution >= 4 is 15.9 Å². The molecule has 0 aromatic heterocycles. The largest absolute Gasteiger partial charge is 0.493 e. The first-order valence-corrected chi connectivity index (χ1v) is 10.4. The highest BCUT2D eigenvalue weighted by Gasteiger charge is 2.22. The van der Waals surface area contributed by atoms with Gasteiger partial charge >= 0.3 is 0 Å². The van der Waals surface area contributed by atoms with E-state index in [4.69, 9.17) is 9.47 Å². The van der Waals surface area contributed by atoms with Gasteiger partial charge in [-0.2, -0.15) is 5.26 Å². The fourth-order valence-corrected chi connectivity index (χ4v) is 3.94. The number of sulfone groups is 1. The van der Waals surface area contributed by atoms with E-state index in [-0.39, 0.29) is 17.3 Å². The van der Waals surface area contributed by atoms with Crippen LogP contribution in [0, 0.1) is 17.1 Å². The van der Waals surface area contributed by atoms with Crippen molar-refractivity contribution in [2.75, 3.05) is 7.11 Å². The number of benzene rings is 3. The lowest BCUT2D eigenvalue weighted by molar-refractivity contribution is 0.279. The summed E-state index contributed by atoms with van der Waals surface area (Å²) in [7, 11) is -2.58. The molecule has 0 saturated carbocycles. The van der Waals surface area contributed by atoms with Crippen LogP contribution in [-0.4, -0.2) is 15.5 Å². The van der Waals surface area contributed by atoms with E-state index in [1.54, 1.807) is 60.7 Å². The number of nitriles is 1. The highest BCUT2D eigenvalue weighted by Crippen LogP contribution is 2.34. The molecule has 0 amide bonds. The van der Waals surface area contributed by atoms with Crippen molar-refractivity contribution in [1.29, 1.82) is 5.26 Å². The number of hydrogen-bond donors (Lipinski definition) is 0. The van der Waals surface area contributed by atoms with Crippen LogP contribution in [0.5, 0.6) is 11.5 Å².